The molecule has 3 atom stereocenters. The van der Waals surface area contributed by atoms with E-state index in [4.69, 9.17) is 0 Å². The van der Waals surface area contributed by atoms with Crippen molar-refractivity contribution < 1.29 is 32.7 Å². The summed E-state index contributed by atoms with van der Waals surface area (Å²) < 4.78 is 41.1. The molecular formula is C22H21F3N2O4. The van der Waals surface area contributed by atoms with Crippen LogP contribution in [0.4, 0.5) is 18.9 Å². The standard InChI is InChI=1S/C22H21F3N2O4/c1-13(28)27(30)20-16-5-2-3-7-18(16)26(19-8-4-6-17(19)20)21(29)14-9-11-15(12-10-14)31-22(23,24)25/h2-3,5,7,9-12,17,19-20,30H,4,6,8H2,1H3. The molecule has 31 heavy (non-hydrogen) atoms. The minimum absolute atomic E-state index is 0.152. The van der Waals surface area contributed by atoms with Gasteiger partial charge in [0, 0.05) is 35.7 Å². The number of carbonyl (C=O) groups is 2. The maximum Gasteiger partial charge on any atom is 0.573 e. The number of anilines is 1. The van der Waals surface area contributed by atoms with E-state index in [1.165, 1.54) is 19.1 Å². The van der Waals surface area contributed by atoms with Gasteiger partial charge in [0.15, 0.2) is 0 Å². The van der Waals surface area contributed by atoms with Crippen LogP contribution >= 0.6 is 0 Å². The van der Waals surface area contributed by atoms with Gasteiger partial charge in [-0.1, -0.05) is 24.6 Å². The molecule has 0 saturated heterocycles. The minimum atomic E-state index is -4.81. The zero-order valence-electron chi connectivity index (χ0n) is 16.7. The first-order valence-electron chi connectivity index (χ1n) is 9.94. The number of rotatable bonds is 3. The van der Waals surface area contributed by atoms with Crippen molar-refractivity contribution in [1.29, 1.82) is 0 Å². The average molecular weight is 434 g/mol. The Bertz CT molecular complexity index is 993. The van der Waals surface area contributed by atoms with Gasteiger partial charge < -0.3 is 9.64 Å². The van der Waals surface area contributed by atoms with E-state index >= 15 is 0 Å². The summed E-state index contributed by atoms with van der Waals surface area (Å²) in [7, 11) is 0. The summed E-state index contributed by atoms with van der Waals surface area (Å²) in [6.07, 6.45) is -2.55. The van der Waals surface area contributed by atoms with Crippen LogP contribution in [0.25, 0.3) is 0 Å². The van der Waals surface area contributed by atoms with Crippen LogP contribution < -0.4 is 9.64 Å². The summed E-state index contributed by atoms with van der Waals surface area (Å²) in [5, 5.41) is 11.2. The highest BCUT2D eigenvalue weighted by atomic mass is 19.4. The van der Waals surface area contributed by atoms with Gasteiger partial charge in [0.25, 0.3) is 5.91 Å². The van der Waals surface area contributed by atoms with E-state index in [0.29, 0.717) is 17.7 Å². The molecule has 1 aliphatic carbocycles. The number of amides is 2. The number of hydrogen-bond donors (Lipinski definition) is 1. The first kappa shape index (κ1) is 21.2. The Morgan fingerprint density at radius 2 is 1.77 bits per heavy atom. The number of nitrogens with zero attached hydrogens (tertiary/aromatic N) is 2. The molecule has 0 radical (unpaired) electrons. The second-order valence-electron chi connectivity index (χ2n) is 7.78. The van der Waals surface area contributed by atoms with E-state index in [-0.39, 0.29) is 23.4 Å². The Morgan fingerprint density at radius 1 is 1.10 bits per heavy atom. The highest BCUT2D eigenvalue weighted by Gasteiger charge is 2.48. The van der Waals surface area contributed by atoms with E-state index < -0.39 is 24.1 Å². The largest absolute Gasteiger partial charge is 0.573 e. The quantitative estimate of drug-likeness (QED) is 0.562. The van der Waals surface area contributed by atoms with Gasteiger partial charge in [-0.2, -0.15) is 0 Å². The topological polar surface area (TPSA) is 70.1 Å². The van der Waals surface area contributed by atoms with Gasteiger partial charge in [-0.3, -0.25) is 14.8 Å². The molecule has 0 bridgehead atoms. The molecule has 3 unspecified atom stereocenters. The Kier molecular flexibility index (Phi) is 5.38. The summed E-state index contributed by atoms with van der Waals surface area (Å²) >= 11 is 0. The molecule has 2 aliphatic rings. The van der Waals surface area contributed by atoms with Crippen LogP contribution in [0, 0.1) is 5.92 Å². The SMILES string of the molecule is CC(=O)N(O)C1c2ccccc2N(C(=O)c2ccc(OC(F)(F)F)cc2)C2CCCC12. The van der Waals surface area contributed by atoms with Gasteiger partial charge in [-0.05, 0) is 43.2 Å². The smallest absolute Gasteiger partial charge is 0.406 e. The lowest BCUT2D eigenvalue weighted by molar-refractivity contribution is -0.274. The van der Waals surface area contributed by atoms with Crippen molar-refractivity contribution in [3.63, 3.8) is 0 Å². The molecule has 6 nitrogen and oxygen atoms in total. The number of hydroxylamine groups is 2. The highest BCUT2D eigenvalue weighted by molar-refractivity contribution is 6.07. The maximum absolute atomic E-state index is 13.4. The number of hydrogen-bond acceptors (Lipinski definition) is 4. The lowest BCUT2D eigenvalue weighted by Gasteiger charge is -2.45. The molecule has 164 valence electrons. The predicted octanol–water partition coefficient (Wildman–Crippen LogP) is 4.69. The van der Waals surface area contributed by atoms with Crippen molar-refractivity contribution in [2.75, 3.05) is 4.90 Å². The van der Waals surface area contributed by atoms with Gasteiger partial charge in [0.05, 0.1) is 6.04 Å². The number of ether oxygens (including phenoxy) is 1. The third-order valence-electron chi connectivity index (χ3n) is 5.92. The Labute approximate surface area is 176 Å². The number of benzene rings is 2. The number of fused-ring (bicyclic) bond motifs is 2. The van der Waals surface area contributed by atoms with Gasteiger partial charge in [0.2, 0.25) is 5.91 Å². The fourth-order valence-corrected chi connectivity index (χ4v) is 4.73. The monoisotopic (exact) mass is 434 g/mol. The van der Waals surface area contributed by atoms with E-state index in [2.05, 4.69) is 4.74 Å². The summed E-state index contributed by atoms with van der Waals surface area (Å²) in [6.45, 7) is 1.29. The van der Waals surface area contributed by atoms with Gasteiger partial charge >= 0.3 is 6.36 Å². The van der Waals surface area contributed by atoms with Crippen molar-refractivity contribution in [2.24, 2.45) is 5.92 Å². The Balaban J connectivity index is 1.71. The van der Waals surface area contributed by atoms with Gasteiger partial charge in [-0.15, -0.1) is 13.2 Å². The van der Waals surface area contributed by atoms with Crippen LogP contribution in [0.3, 0.4) is 0 Å². The molecule has 9 heteroatoms. The number of carbonyl (C=O) groups excluding carboxylic acids is 2. The fourth-order valence-electron chi connectivity index (χ4n) is 4.73. The van der Waals surface area contributed by atoms with Gasteiger partial charge in [0.1, 0.15) is 5.75 Å². The number of halogens is 3. The molecule has 0 aromatic heterocycles. The summed E-state index contributed by atoms with van der Waals surface area (Å²) in [6, 6.07) is 11.1. The molecule has 1 heterocycles. The van der Waals surface area contributed by atoms with Crippen LogP contribution in [-0.4, -0.2) is 34.5 Å². The summed E-state index contributed by atoms with van der Waals surface area (Å²) in [5.74, 6) is -1.39. The predicted molar refractivity (Wildman–Crippen MR) is 105 cm³/mol. The van der Waals surface area contributed by atoms with Crippen LogP contribution in [0.1, 0.15) is 48.1 Å². The fraction of sp³-hybridized carbons (Fsp3) is 0.364. The molecule has 2 aromatic carbocycles. The van der Waals surface area contributed by atoms with Crippen LogP contribution in [0.15, 0.2) is 48.5 Å². The van der Waals surface area contributed by atoms with Crippen molar-refractivity contribution in [3.8, 4) is 5.75 Å². The maximum atomic E-state index is 13.4. The second-order valence-corrected chi connectivity index (χ2v) is 7.78. The molecule has 2 amide bonds. The third kappa shape index (κ3) is 3.97. The number of alkyl halides is 3. The molecule has 1 fully saturated rings. The van der Waals surface area contributed by atoms with E-state index in [0.717, 1.165) is 30.0 Å². The second kappa shape index (κ2) is 7.88. The lowest BCUT2D eigenvalue weighted by Crippen LogP contribution is -2.51. The Morgan fingerprint density at radius 3 is 2.42 bits per heavy atom. The molecule has 0 spiro atoms. The molecule has 1 saturated carbocycles. The van der Waals surface area contributed by atoms with Crippen molar-refractivity contribution >= 4 is 17.5 Å². The molecule has 4 rings (SSSR count). The van der Waals surface area contributed by atoms with Crippen LogP contribution in [0.2, 0.25) is 0 Å². The molecular weight excluding hydrogens is 413 g/mol. The number of para-hydroxylation sites is 1. The Hall–Kier alpha value is -3.07. The van der Waals surface area contributed by atoms with Crippen LogP contribution in [0.5, 0.6) is 5.75 Å². The zero-order chi connectivity index (χ0) is 22.3. The highest BCUT2D eigenvalue weighted by Crippen LogP contribution is 2.50. The molecule has 2 aromatic rings. The average Bonchev–Trinajstić information content (AvgIpc) is 3.19. The molecule has 1 aliphatic heterocycles. The minimum Gasteiger partial charge on any atom is -0.406 e. The lowest BCUT2D eigenvalue weighted by atomic mass is 9.82. The van der Waals surface area contributed by atoms with E-state index in [1.54, 1.807) is 29.2 Å². The van der Waals surface area contributed by atoms with Crippen molar-refractivity contribution in [2.45, 2.75) is 44.6 Å². The third-order valence-corrected chi connectivity index (χ3v) is 5.92. The van der Waals surface area contributed by atoms with Crippen molar-refractivity contribution in [1.82, 2.24) is 5.06 Å². The van der Waals surface area contributed by atoms with Gasteiger partial charge in [-0.25, -0.2) is 5.06 Å². The summed E-state index contributed by atoms with van der Waals surface area (Å²) in [5.41, 5.74) is 1.46. The van der Waals surface area contributed by atoms with Crippen LogP contribution in [-0.2, 0) is 4.79 Å². The normalized spacial score (nSPS) is 22.5. The first-order valence-corrected chi connectivity index (χ1v) is 9.94. The van der Waals surface area contributed by atoms with E-state index in [9.17, 15) is 28.0 Å². The zero-order valence-corrected chi connectivity index (χ0v) is 16.7. The summed E-state index contributed by atoms with van der Waals surface area (Å²) in [4.78, 5) is 27.0. The molecule has 1 N–H and O–H groups in total. The first-order chi connectivity index (χ1) is 14.7. The van der Waals surface area contributed by atoms with E-state index in [1.807, 2.05) is 0 Å². The van der Waals surface area contributed by atoms with Crippen molar-refractivity contribution in [3.05, 3.63) is 59.7 Å².